The molecule has 0 radical (unpaired) electrons. The molecule has 1 unspecified atom stereocenters. The summed E-state index contributed by atoms with van der Waals surface area (Å²) in [6, 6.07) is 6.30. The van der Waals surface area contributed by atoms with Gasteiger partial charge in [-0.15, -0.1) is 0 Å². The van der Waals surface area contributed by atoms with Gasteiger partial charge in [-0.25, -0.2) is 9.97 Å². The van der Waals surface area contributed by atoms with Crippen LogP contribution < -0.4 is 9.80 Å². The van der Waals surface area contributed by atoms with E-state index in [4.69, 9.17) is 4.74 Å². The molecule has 0 bridgehead atoms. The molecule has 1 aromatic carbocycles. The van der Waals surface area contributed by atoms with Gasteiger partial charge in [0.1, 0.15) is 18.2 Å². The molecule has 1 aromatic heterocycles. The zero-order chi connectivity index (χ0) is 18.1. The highest BCUT2D eigenvalue weighted by Gasteiger charge is 2.30. The van der Waals surface area contributed by atoms with Gasteiger partial charge < -0.3 is 19.4 Å². The lowest BCUT2D eigenvalue weighted by molar-refractivity contribution is -0.141. The standard InChI is InChI=1S/C19H25N5O2/c1-22(2)18-15-12-14(5-6-16(15)20-13-21-18)23-7-9-24(10-8-23)19(25)17-4-3-11-26-17/h5-6,12-13,17H,3-4,7-11H2,1-2H3. The number of hydrogen-bond acceptors (Lipinski definition) is 6. The number of piperazine rings is 1. The summed E-state index contributed by atoms with van der Waals surface area (Å²) in [7, 11) is 3.98. The first-order chi connectivity index (χ1) is 12.6. The van der Waals surface area contributed by atoms with Gasteiger partial charge in [-0.3, -0.25) is 4.79 Å². The average Bonchev–Trinajstić information content (AvgIpc) is 3.21. The number of fused-ring (bicyclic) bond motifs is 1. The van der Waals surface area contributed by atoms with Gasteiger partial charge in [0.15, 0.2) is 0 Å². The number of rotatable bonds is 3. The summed E-state index contributed by atoms with van der Waals surface area (Å²) in [5.74, 6) is 1.08. The van der Waals surface area contributed by atoms with E-state index in [0.717, 1.165) is 61.4 Å². The minimum absolute atomic E-state index is 0.156. The molecule has 2 saturated heterocycles. The summed E-state index contributed by atoms with van der Waals surface area (Å²) in [6.07, 6.45) is 3.23. The molecule has 1 atom stereocenters. The second kappa shape index (κ2) is 7.07. The summed E-state index contributed by atoms with van der Waals surface area (Å²) in [5, 5.41) is 1.05. The van der Waals surface area contributed by atoms with E-state index in [2.05, 4.69) is 27.0 Å². The Bertz CT molecular complexity index is 796. The van der Waals surface area contributed by atoms with Gasteiger partial charge in [0.05, 0.1) is 5.52 Å². The summed E-state index contributed by atoms with van der Waals surface area (Å²) in [4.78, 5) is 27.5. The van der Waals surface area contributed by atoms with Crippen molar-refractivity contribution in [2.24, 2.45) is 0 Å². The summed E-state index contributed by atoms with van der Waals surface area (Å²) in [6.45, 7) is 3.85. The van der Waals surface area contributed by atoms with E-state index in [1.54, 1.807) is 6.33 Å². The van der Waals surface area contributed by atoms with E-state index >= 15 is 0 Å². The van der Waals surface area contributed by atoms with Gasteiger partial charge in [0.25, 0.3) is 5.91 Å². The molecule has 2 fully saturated rings. The highest BCUT2D eigenvalue weighted by molar-refractivity contribution is 5.92. The third kappa shape index (κ3) is 3.19. The van der Waals surface area contributed by atoms with E-state index in [1.165, 1.54) is 0 Å². The molecule has 4 rings (SSSR count). The van der Waals surface area contributed by atoms with E-state index in [1.807, 2.05) is 30.0 Å². The van der Waals surface area contributed by atoms with Crippen LogP contribution in [-0.4, -0.2) is 73.8 Å². The van der Waals surface area contributed by atoms with Crippen LogP contribution in [0.25, 0.3) is 10.9 Å². The molecular formula is C19H25N5O2. The molecule has 0 N–H and O–H groups in total. The third-order valence-corrected chi connectivity index (χ3v) is 5.18. The van der Waals surface area contributed by atoms with Gasteiger partial charge in [0, 0.05) is 58.0 Å². The van der Waals surface area contributed by atoms with Gasteiger partial charge >= 0.3 is 0 Å². The second-order valence-electron chi connectivity index (χ2n) is 7.11. The predicted molar refractivity (Wildman–Crippen MR) is 102 cm³/mol. The first kappa shape index (κ1) is 17.0. The highest BCUT2D eigenvalue weighted by atomic mass is 16.5. The normalized spacial score (nSPS) is 20.6. The van der Waals surface area contributed by atoms with E-state index in [-0.39, 0.29) is 12.0 Å². The Morgan fingerprint density at radius 2 is 2.00 bits per heavy atom. The minimum atomic E-state index is -0.220. The zero-order valence-corrected chi connectivity index (χ0v) is 15.4. The summed E-state index contributed by atoms with van der Waals surface area (Å²) < 4.78 is 5.54. The van der Waals surface area contributed by atoms with Crippen LogP contribution in [0.15, 0.2) is 24.5 Å². The number of carbonyl (C=O) groups excluding carboxylic acids is 1. The van der Waals surface area contributed by atoms with Crippen molar-refractivity contribution in [3.05, 3.63) is 24.5 Å². The molecule has 2 aliphatic heterocycles. The molecular weight excluding hydrogens is 330 g/mol. The van der Waals surface area contributed by atoms with Crippen LogP contribution in [-0.2, 0) is 9.53 Å². The average molecular weight is 355 g/mol. The maximum atomic E-state index is 12.5. The SMILES string of the molecule is CN(C)c1ncnc2ccc(N3CCN(C(=O)C4CCCO4)CC3)cc12. The summed E-state index contributed by atoms with van der Waals surface area (Å²) in [5.41, 5.74) is 2.10. The van der Waals surface area contributed by atoms with Crippen molar-refractivity contribution in [3.63, 3.8) is 0 Å². The van der Waals surface area contributed by atoms with Crippen LogP contribution >= 0.6 is 0 Å². The number of hydrogen-bond donors (Lipinski definition) is 0. The first-order valence-corrected chi connectivity index (χ1v) is 9.21. The number of aromatic nitrogens is 2. The fourth-order valence-corrected chi connectivity index (χ4v) is 3.75. The molecule has 1 amide bonds. The number of benzene rings is 1. The van der Waals surface area contributed by atoms with E-state index < -0.39 is 0 Å². The molecule has 0 spiro atoms. The Morgan fingerprint density at radius 3 is 2.69 bits per heavy atom. The van der Waals surface area contributed by atoms with Gasteiger partial charge in [-0.05, 0) is 31.0 Å². The fourth-order valence-electron chi connectivity index (χ4n) is 3.75. The number of ether oxygens (including phenoxy) is 1. The van der Waals surface area contributed by atoms with Crippen LogP contribution in [0.1, 0.15) is 12.8 Å². The lowest BCUT2D eigenvalue weighted by atomic mass is 10.1. The fraction of sp³-hybridized carbons (Fsp3) is 0.526. The predicted octanol–water partition coefficient (Wildman–Crippen LogP) is 1.52. The Labute approximate surface area is 153 Å². The van der Waals surface area contributed by atoms with Crippen LogP contribution in [0, 0.1) is 0 Å². The summed E-state index contributed by atoms with van der Waals surface area (Å²) >= 11 is 0. The topological polar surface area (TPSA) is 61.8 Å². The van der Waals surface area contributed by atoms with E-state index in [0.29, 0.717) is 6.61 Å². The van der Waals surface area contributed by atoms with Crippen LogP contribution in [0.5, 0.6) is 0 Å². The number of nitrogens with zero attached hydrogens (tertiary/aromatic N) is 5. The largest absolute Gasteiger partial charge is 0.368 e. The maximum absolute atomic E-state index is 12.5. The third-order valence-electron chi connectivity index (χ3n) is 5.18. The quantitative estimate of drug-likeness (QED) is 0.832. The van der Waals surface area contributed by atoms with Crippen molar-refractivity contribution in [3.8, 4) is 0 Å². The molecule has 138 valence electrons. The molecule has 2 aliphatic rings. The molecule has 0 aliphatic carbocycles. The molecule has 7 nitrogen and oxygen atoms in total. The van der Waals surface area contributed by atoms with Gasteiger partial charge in [0.2, 0.25) is 0 Å². The molecule has 0 saturated carbocycles. The Hall–Kier alpha value is -2.41. The van der Waals surface area contributed by atoms with Crippen molar-refractivity contribution in [1.29, 1.82) is 0 Å². The van der Waals surface area contributed by atoms with Gasteiger partial charge in [-0.1, -0.05) is 0 Å². The Kier molecular flexibility index (Phi) is 4.63. The molecule has 26 heavy (non-hydrogen) atoms. The number of anilines is 2. The molecule has 3 heterocycles. The van der Waals surface area contributed by atoms with Gasteiger partial charge in [-0.2, -0.15) is 0 Å². The minimum Gasteiger partial charge on any atom is -0.368 e. The lowest BCUT2D eigenvalue weighted by Crippen LogP contribution is -2.51. The highest BCUT2D eigenvalue weighted by Crippen LogP contribution is 2.27. The van der Waals surface area contributed by atoms with Crippen molar-refractivity contribution >= 4 is 28.3 Å². The van der Waals surface area contributed by atoms with E-state index in [9.17, 15) is 4.79 Å². The van der Waals surface area contributed by atoms with Crippen molar-refractivity contribution in [2.75, 3.05) is 56.7 Å². The van der Waals surface area contributed by atoms with Crippen LogP contribution in [0.3, 0.4) is 0 Å². The molecule has 7 heteroatoms. The smallest absolute Gasteiger partial charge is 0.251 e. The lowest BCUT2D eigenvalue weighted by Gasteiger charge is -2.37. The first-order valence-electron chi connectivity index (χ1n) is 9.21. The Balaban J connectivity index is 1.49. The van der Waals surface area contributed by atoms with Crippen LogP contribution in [0.2, 0.25) is 0 Å². The monoisotopic (exact) mass is 355 g/mol. The van der Waals surface area contributed by atoms with Crippen molar-refractivity contribution in [2.45, 2.75) is 18.9 Å². The van der Waals surface area contributed by atoms with Crippen molar-refractivity contribution in [1.82, 2.24) is 14.9 Å². The molecule has 2 aromatic rings. The second-order valence-corrected chi connectivity index (χ2v) is 7.11. The van der Waals surface area contributed by atoms with Crippen molar-refractivity contribution < 1.29 is 9.53 Å². The Morgan fingerprint density at radius 1 is 1.19 bits per heavy atom. The number of amides is 1. The number of carbonyl (C=O) groups is 1. The zero-order valence-electron chi connectivity index (χ0n) is 15.4. The maximum Gasteiger partial charge on any atom is 0.251 e. The van der Waals surface area contributed by atoms with Crippen LogP contribution in [0.4, 0.5) is 11.5 Å².